The fourth-order valence-corrected chi connectivity index (χ4v) is 3.69. The number of esters is 5. The molecule has 0 aromatic rings. The first kappa shape index (κ1) is 24.6. The highest BCUT2D eigenvalue weighted by Gasteiger charge is 2.53. The maximum Gasteiger partial charge on any atom is 0.309 e. The van der Waals surface area contributed by atoms with E-state index < -0.39 is 60.6 Å². The molecule has 1 saturated carbocycles. The summed E-state index contributed by atoms with van der Waals surface area (Å²) in [5.74, 6) is -3.65. The molecule has 2 aliphatic rings. The van der Waals surface area contributed by atoms with Gasteiger partial charge >= 0.3 is 29.8 Å². The molecule has 31 heavy (non-hydrogen) atoms. The molecule has 0 N–H and O–H groups in total. The molecular weight excluding hydrogens is 416 g/mol. The zero-order valence-electron chi connectivity index (χ0n) is 18.0. The monoisotopic (exact) mass is 444 g/mol. The van der Waals surface area contributed by atoms with Gasteiger partial charge in [0.05, 0.1) is 5.92 Å². The third-order valence-corrected chi connectivity index (χ3v) is 4.86. The van der Waals surface area contributed by atoms with Crippen molar-refractivity contribution in [2.45, 2.75) is 84.1 Å². The van der Waals surface area contributed by atoms with E-state index in [0.717, 1.165) is 53.4 Å². The zero-order valence-corrected chi connectivity index (χ0v) is 18.0. The molecule has 0 amide bonds. The topological polar surface area (TPSA) is 141 Å². The summed E-state index contributed by atoms with van der Waals surface area (Å²) in [4.78, 5) is 58.9. The minimum absolute atomic E-state index is 0.224. The molecule has 1 saturated heterocycles. The van der Waals surface area contributed by atoms with Gasteiger partial charge in [-0.25, -0.2) is 0 Å². The van der Waals surface area contributed by atoms with Crippen LogP contribution in [-0.2, 0) is 52.4 Å². The average Bonchev–Trinajstić information content (AvgIpc) is 3.18. The van der Waals surface area contributed by atoms with Crippen molar-refractivity contribution >= 4 is 29.8 Å². The number of hydrogen-bond donors (Lipinski definition) is 0. The second-order valence-electron chi connectivity index (χ2n) is 7.49. The molecule has 0 aromatic carbocycles. The van der Waals surface area contributed by atoms with E-state index in [1.807, 2.05) is 0 Å². The zero-order chi connectivity index (χ0) is 23.1. The highest BCUT2D eigenvalue weighted by molar-refractivity contribution is 5.72. The molecule has 11 nitrogen and oxygen atoms in total. The molecule has 1 aliphatic carbocycles. The molecule has 1 heterocycles. The molecule has 2 unspecified atom stereocenters. The highest BCUT2D eigenvalue weighted by atomic mass is 16.7. The molecule has 0 spiro atoms. The van der Waals surface area contributed by atoms with Crippen molar-refractivity contribution < 1.29 is 52.4 Å². The summed E-state index contributed by atoms with van der Waals surface area (Å²) in [7, 11) is 0. The van der Waals surface area contributed by atoms with Gasteiger partial charge in [0.1, 0.15) is 12.7 Å². The van der Waals surface area contributed by atoms with Crippen LogP contribution in [0.3, 0.4) is 0 Å². The first-order chi connectivity index (χ1) is 14.6. The van der Waals surface area contributed by atoms with E-state index in [1.165, 1.54) is 0 Å². The number of carbonyl (C=O) groups is 5. The maximum absolute atomic E-state index is 12.3. The van der Waals surface area contributed by atoms with E-state index in [1.54, 1.807) is 0 Å². The molecular formula is C20H28O11. The van der Waals surface area contributed by atoms with Crippen molar-refractivity contribution in [1.82, 2.24) is 0 Å². The molecule has 174 valence electrons. The summed E-state index contributed by atoms with van der Waals surface area (Å²) in [6, 6.07) is 0. The summed E-state index contributed by atoms with van der Waals surface area (Å²) in [5, 5.41) is 0. The Bertz CT molecular complexity index is 697. The molecule has 5 atom stereocenters. The number of ether oxygens (including phenoxy) is 6. The Morgan fingerprint density at radius 3 is 1.71 bits per heavy atom. The van der Waals surface area contributed by atoms with Gasteiger partial charge in [-0.05, 0) is 12.8 Å². The van der Waals surface area contributed by atoms with E-state index in [2.05, 4.69) is 0 Å². The van der Waals surface area contributed by atoms with Crippen molar-refractivity contribution in [2.75, 3.05) is 6.61 Å². The molecule has 0 bridgehead atoms. The van der Waals surface area contributed by atoms with Crippen LogP contribution in [0.4, 0.5) is 0 Å². The summed E-state index contributed by atoms with van der Waals surface area (Å²) in [6.45, 7) is 4.11. The van der Waals surface area contributed by atoms with Crippen LogP contribution in [0.25, 0.3) is 0 Å². The smallest absolute Gasteiger partial charge is 0.309 e. The summed E-state index contributed by atoms with van der Waals surface area (Å²) in [6.07, 6.45) is -3.37. The molecule has 0 radical (unpaired) electrons. The lowest BCUT2D eigenvalue weighted by Gasteiger charge is -2.43. The molecule has 2 fully saturated rings. The SMILES string of the molecule is CC(=O)OC1[C@H](OC(C)=O)OC(COC(=O)C2CCCC2)[C@H](OC(C)=O)[C@H]1OC(C)=O. The fourth-order valence-electron chi connectivity index (χ4n) is 3.69. The van der Waals surface area contributed by atoms with Crippen LogP contribution in [0.15, 0.2) is 0 Å². The van der Waals surface area contributed by atoms with Crippen LogP contribution >= 0.6 is 0 Å². The maximum atomic E-state index is 12.3. The van der Waals surface area contributed by atoms with Gasteiger partial charge in [0, 0.05) is 27.7 Å². The highest BCUT2D eigenvalue weighted by Crippen LogP contribution is 2.31. The van der Waals surface area contributed by atoms with E-state index in [9.17, 15) is 24.0 Å². The number of rotatable bonds is 7. The Hall–Kier alpha value is -2.69. The summed E-state index contributed by atoms with van der Waals surface area (Å²) in [5.41, 5.74) is 0. The van der Waals surface area contributed by atoms with E-state index in [4.69, 9.17) is 28.4 Å². The second kappa shape index (κ2) is 11.1. The van der Waals surface area contributed by atoms with E-state index >= 15 is 0 Å². The van der Waals surface area contributed by atoms with Crippen LogP contribution in [0.2, 0.25) is 0 Å². The lowest BCUT2D eigenvalue weighted by molar-refractivity contribution is -0.300. The van der Waals surface area contributed by atoms with Crippen molar-refractivity contribution in [1.29, 1.82) is 0 Å². The Balaban J connectivity index is 2.29. The Morgan fingerprint density at radius 1 is 0.710 bits per heavy atom. The predicted octanol–water partition coefficient (Wildman–Crippen LogP) is 0.803. The Labute approximate surface area is 179 Å². The van der Waals surface area contributed by atoms with Crippen LogP contribution in [0.1, 0.15) is 53.4 Å². The first-order valence-electron chi connectivity index (χ1n) is 10.1. The molecule has 1 aliphatic heterocycles. The minimum atomic E-state index is -1.48. The lowest BCUT2D eigenvalue weighted by Crippen LogP contribution is -2.63. The van der Waals surface area contributed by atoms with Crippen molar-refractivity contribution in [2.24, 2.45) is 5.92 Å². The van der Waals surface area contributed by atoms with Crippen LogP contribution < -0.4 is 0 Å². The fraction of sp³-hybridized carbons (Fsp3) is 0.750. The van der Waals surface area contributed by atoms with Gasteiger partial charge in [0.25, 0.3) is 0 Å². The first-order valence-corrected chi connectivity index (χ1v) is 10.1. The van der Waals surface area contributed by atoms with Gasteiger partial charge < -0.3 is 28.4 Å². The summed E-state index contributed by atoms with van der Waals surface area (Å²) < 4.78 is 31.8. The van der Waals surface area contributed by atoms with Crippen LogP contribution in [0, 0.1) is 5.92 Å². The Morgan fingerprint density at radius 2 is 1.19 bits per heavy atom. The van der Waals surface area contributed by atoms with Crippen molar-refractivity contribution in [3.8, 4) is 0 Å². The van der Waals surface area contributed by atoms with E-state index in [-0.39, 0.29) is 12.5 Å². The number of hydrogen-bond acceptors (Lipinski definition) is 11. The van der Waals surface area contributed by atoms with Crippen LogP contribution in [0.5, 0.6) is 0 Å². The van der Waals surface area contributed by atoms with Crippen molar-refractivity contribution in [3.63, 3.8) is 0 Å². The normalized spacial score (nSPS) is 28.3. The summed E-state index contributed by atoms with van der Waals surface area (Å²) >= 11 is 0. The third-order valence-electron chi connectivity index (χ3n) is 4.86. The average molecular weight is 444 g/mol. The van der Waals surface area contributed by atoms with Crippen molar-refractivity contribution in [3.05, 3.63) is 0 Å². The molecule has 2 rings (SSSR count). The largest absolute Gasteiger partial charge is 0.463 e. The van der Waals surface area contributed by atoms with Crippen LogP contribution in [-0.4, -0.2) is 67.2 Å². The molecule has 0 aromatic heterocycles. The van der Waals surface area contributed by atoms with Gasteiger partial charge in [-0.1, -0.05) is 12.8 Å². The quantitative estimate of drug-likeness (QED) is 0.407. The van der Waals surface area contributed by atoms with E-state index in [0.29, 0.717) is 0 Å². The molecule has 11 heteroatoms. The predicted molar refractivity (Wildman–Crippen MR) is 100 cm³/mol. The third kappa shape index (κ3) is 7.20. The number of carbonyl (C=O) groups excluding carboxylic acids is 5. The van der Waals surface area contributed by atoms with Gasteiger partial charge in [-0.3, -0.25) is 24.0 Å². The Kier molecular flexibility index (Phi) is 8.78. The van der Waals surface area contributed by atoms with Gasteiger partial charge in [0.15, 0.2) is 12.2 Å². The van der Waals surface area contributed by atoms with Gasteiger partial charge in [-0.2, -0.15) is 0 Å². The standard InChI is InChI=1S/C20H28O11/c1-10(21)27-16-15(9-26-19(25)14-7-5-6-8-14)31-20(30-13(4)24)18(29-12(3)23)17(16)28-11(2)22/h14-18,20H,5-9H2,1-4H3/t15?,16-,17+,18?,20+/m0/s1. The second-order valence-corrected chi connectivity index (χ2v) is 7.49. The minimum Gasteiger partial charge on any atom is -0.463 e. The lowest BCUT2D eigenvalue weighted by atomic mass is 9.98. The van der Waals surface area contributed by atoms with Gasteiger partial charge in [-0.15, -0.1) is 0 Å². The van der Waals surface area contributed by atoms with Gasteiger partial charge in [0.2, 0.25) is 12.4 Å².